The number of hydrogen-bond donors (Lipinski definition) is 3. The van der Waals surface area contributed by atoms with E-state index in [9.17, 15) is 9.59 Å². The molecule has 2 aliphatic rings. The highest BCUT2D eigenvalue weighted by Crippen LogP contribution is 2.24. The van der Waals surface area contributed by atoms with Crippen molar-refractivity contribution in [2.45, 2.75) is 31.3 Å². The van der Waals surface area contributed by atoms with Crippen molar-refractivity contribution < 1.29 is 9.59 Å². The molecule has 2 atom stereocenters. The molecule has 3 N–H and O–H groups in total. The molecule has 3 amide bonds. The molecule has 5 nitrogen and oxygen atoms in total. The lowest BCUT2D eigenvalue weighted by Gasteiger charge is -2.34. The second-order valence-corrected chi connectivity index (χ2v) is 3.80. The van der Waals surface area contributed by atoms with Gasteiger partial charge in [0, 0.05) is 6.04 Å². The summed E-state index contributed by atoms with van der Waals surface area (Å²) in [5.74, 6) is -0.175. The van der Waals surface area contributed by atoms with Crippen LogP contribution in [0.5, 0.6) is 0 Å². The maximum absolute atomic E-state index is 11.5. The van der Waals surface area contributed by atoms with Crippen LogP contribution in [0.4, 0.5) is 4.79 Å². The molecule has 0 bridgehead atoms. The minimum atomic E-state index is -0.637. The predicted octanol–water partition coefficient (Wildman–Crippen LogP) is -0.663. The Hall–Kier alpha value is -1.10. The van der Waals surface area contributed by atoms with Crippen molar-refractivity contribution in [3.05, 3.63) is 0 Å². The summed E-state index contributed by atoms with van der Waals surface area (Å²) in [5, 5.41) is 8.23. The first-order valence-electron chi connectivity index (χ1n) is 4.49. The molecule has 0 aromatic carbocycles. The zero-order valence-electron chi connectivity index (χ0n) is 7.52. The highest BCUT2D eigenvalue weighted by Gasteiger charge is 2.47. The Morgan fingerprint density at radius 3 is 2.77 bits per heavy atom. The maximum atomic E-state index is 11.5. The molecular weight excluding hydrogens is 170 g/mol. The van der Waals surface area contributed by atoms with Gasteiger partial charge in [0.15, 0.2) is 0 Å². The van der Waals surface area contributed by atoms with E-state index in [0.717, 1.165) is 6.54 Å². The number of amides is 3. The molecule has 2 aliphatic heterocycles. The number of hydrogen-bond acceptors (Lipinski definition) is 3. The van der Waals surface area contributed by atoms with E-state index in [2.05, 4.69) is 16.0 Å². The number of urea groups is 1. The SMILES string of the molecule is CC1CC2(CCN1)NC(=O)NC2=O. The second-order valence-electron chi connectivity index (χ2n) is 3.80. The number of carbonyl (C=O) groups is 2. The molecule has 2 heterocycles. The van der Waals surface area contributed by atoms with Crippen LogP contribution in [0.2, 0.25) is 0 Å². The summed E-state index contributed by atoms with van der Waals surface area (Å²) in [6.07, 6.45) is 1.35. The first kappa shape index (κ1) is 8.50. The Kier molecular flexibility index (Phi) is 1.76. The lowest BCUT2D eigenvalue weighted by atomic mass is 9.85. The average Bonchev–Trinajstić information content (AvgIpc) is 2.26. The molecule has 0 radical (unpaired) electrons. The Morgan fingerprint density at radius 2 is 2.23 bits per heavy atom. The molecule has 0 aromatic rings. The molecule has 1 spiro atoms. The van der Waals surface area contributed by atoms with Crippen LogP contribution in [-0.2, 0) is 4.79 Å². The molecule has 2 saturated heterocycles. The van der Waals surface area contributed by atoms with Crippen molar-refractivity contribution in [1.29, 1.82) is 0 Å². The third-order valence-electron chi connectivity index (χ3n) is 2.71. The predicted molar refractivity (Wildman–Crippen MR) is 46.1 cm³/mol. The van der Waals surface area contributed by atoms with Gasteiger partial charge in [-0.05, 0) is 26.3 Å². The fourth-order valence-corrected chi connectivity index (χ4v) is 2.08. The lowest BCUT2D eigenvalue weighted by Crippen LogP contribution is -2.56. The number of piperidine rings is 1. The van der Waals surface area contributed by atoms with Gasteiger partial charge in [0.1, 0.15) is 5.54 Å². The third kappa shape index (κ3) is 1.29. The molecule has 13 heavy (non-hydrogen) atoms. The summed E-state index contributed by atoms with van der Waals surface area (Å²) in [5.41, 5.74) is -0.637. The van der Waals surface area contributed by atoms with E-state index >= 15 is 0 Å². The minimum absolute atomic E-state index is 0.175. The second kappa shape index (κ2) is 2.70. The number of imide groups is 1. The Morgan fingerprint density at radius 1 is 1.46 bits per heavy atom. The van der Waals surface area contributed by atoms with E-state index in [4.69, 9.17) is 0 Å². The van der Waals surface area contributed by atoms with E-state index < -0.39 is 5.54 Å². The molecule has 5 heteroatoms. The van der Waals surface area contributed by atoms with E-state index in [1.165, 1.54) is 0 Å². The average molecular weight is 183 g/mol. The van der Waals surface area contributed by atoms with Gasteiger partial charge in [0.2, 0.25) is 0 Å². The molecule has 2 rings (SSSR count). The quantitative estimate of drug-likeness (QED) is 0.436. The molecule has 2 unspecified atom stereocenters. The van der Waals surface area contributed by atoms with Crippen LogP contribution >= 0.6 is 0 Å². The molecular formula is C8H13N3O2. The van der Waals surface area contributed by atoms with E-state index in [1.807, 2.05) is 6.92 Å². The van der Waals surface area contributed by atoms with E-state index in [1.54, 1.807) is 0 Å². The summed E-state index contributed by atoms with van der Waals surface area (Å²) in [6, 6.07) is -0.0861. The van der Waals surface area contributed by atoms with Crippen molar-refractivity contribution in [2.24, 2.45) is 0 Å². The first-order chi connectivity index (χ1) is 6.12. The van der Waals surface area contributed by atoms with Gasteiger partial charge >= 0.3 is 6.03 Å². The van der Waals surface area contributed by atoms with Crippen LogP contribution in [-0.4, -0.2) is 30.1 Å². The van der Waals surface area contributed by atoms with E-state index in [0.29, 0.717) is 12.8 Å². The zero-order valence-corrected chi connectivity index (χ0v) is 7.52. The molecule has 72 valence electrons. The summed E-state index contributed by atoms with van der Waals surface area (Å²) in [7, 11) is 0. The molecule has 2 fully saturated rings. The third-order valence-corrected chi connectivity index (χ3v) is 2.71. The maximum Gasteiger partial charge on any atom is 0.322 e. The monoisotopic (exact) mass is 183 g/mol. The van der Waals surface area contributed by atoms with Crippen molar-refractivity contribution >= 4 is 11.9 Å². The van der Waals surface area contributed by atoms with Crippen molar-refractivity contribution in [3.63, 3.8) is 0 Å². The minimum Gasteiger partial charge on any atom is -0.323 e. The number of nitrogens with one attached hydrogen (secondary N) is 3. The molecule has 0 aromatic heterocycles. The molecule has 0 aliphatic carbocycles. The van der Waals surface area contributed by atoms with Gasteiger partial charge in [-0.15, -0.1) is 0 Å². The van der Waals surface area contributed by atoms with Crippen LogP contribution in [0, 0.1) is 0 Å². The van der Waals surface area contributed by atoms with Crippen molar-refractivity contribution in [3.8, 4) is 0 Å². The lowest BCUT2D eigenvalue weighted by molar-refractivity contribution is -0.125. The topological polar surface area (TPSA) is 70.2 Å². The Bertz CT molecular complexity index is 266. The summed E-state index contributed by atoms with van der Waals surface area (Å²) in [6.45, 7) is 2.79. The summed E-state index contributed by atoms with van der Waals surface area (Å²) >= 11 is 0. The van der Waals surface area contributed by atoms with Gasteiger partial charge in [-0.3, -0.25) is 10.1 Å². The van der Waals surface area contributed by atoms with Crippen molar-refractivity contribution in [1.82, 2.24) is 16.0 Å². The highest BCUT2D eigenvalue weighted by atomic mass is 16.2. The fraction of sp³-hybridized carbons (Fsp3) is 0.750. The van der Waals surface area contributed by atoms with Crippen LogP contribution < -0.4 is 16.0 Å². The van der Waals surface area contributed by atoms with Crippen LogP contribution in [0.25, 0.3) is 0 Å². The first-order valence-corrected chi connectivity index (χ1v) is 4.49. The van der Waals surface area contributed by atoms with Gasteiger partial charge in [-0.2, -0.15) is 0 Å². The summed E-state index contributed by atoms with van der Waals surface area (Å²) < 4.78 is 0. The van der Waals surface area contributed by atoms with Crippen LogP contribution in [0.15, 0.2) is 0 Å². The van der Waals surface area contributed by atoms with Crippen LogP contribution in [0.3, 0.4) is 0 Å². The zero-order chi connectivity index (χ0) is 9.47. The largest absolute Gasteiger partial charge is 0.323 e. The van der Waals surface area contributed by atoms with Crippen LogP contribution in [0.1, 0.15) is 19.8 Å². The summed E-state index contributed by atoms with van der Waals surface area (Å²) in [4.78, 5) is 22.5. The van der Waals surface area contributed by atoms with Crippen molar-refractivity contribution in [2.75, 3.05) is 6.54 Å². The van der Waals surface area contributed by atoms with Gasteiger partial charge in [0.05, 0.1) is 0 Å². The smallest absolute Gasteiger partial charge is 0.322 e. The Labute approximate surface area is 76.3 Å². The Balaban J connectivity index is 2.19. The number of rotatable bonds is 0. The molecule has 0 saturated carbocycles. The van der Waals surface area contributed by atoms with Gasteiger partial charge in [-0.25, -0.2) is 4.79 Å². The standard InChI is InChI=1S/C8H13N3O2/c1-5-4-8(2-3-9-5)6(12)10-7(13)11-8/h5,9H,2-4H2,1H3,(H2,10,11,12,13). The fourth-order valence-electron chi connectivity index (χ4n) is 2.08. The van der Waals surface area contributed by atoms with Gasteiger partial charge in [0.25, 0.3) is 5.91 Å². The normalized spacial score (nSPS) is 39.0. The van der Waals surface area contributed by atoms with Gasteiger partial charge in [-0.1, -0.05) is 0 Å². The van der Waals surface area contributed by atoms with Gasteiger partial charge < -0.3 is 10.6 Å². The number of carbonyl (C=O) groups excluding carboxylic acids is 2. The van der Waals surface area contributed by atoms with E-state index in [-0.39, 0.29) is 18.0 Å². The highest BCUT2D eigenvalue weighted by molar-refractivity contribution is 6.07.